The molecule has 6 nitrogen and oxygen atoms in total. The predicted octanol–water partition coefficient (Wildman–Crippen LogP) is 8.01. The third kappa shape index (κ3) is 4.94. The lowest BCUT2D eigenvalue weighted by Gasteiger charge is -2.27. The summed E-state index contributed by atoms with van der Waals surface area (Å²) in [5, 5.41) is 9.46. The molecule has 0 radical (unpaired) electrons. The molecule has 3 aromatic carbocycles. The molecular weight excluding hydrogens is 551 g/mol. The number of rotatable bonds is 7. The molecule has 212 valence electrons. The summed E-state index contributed by atoms with van der Waals surface area (Å²) in [5.41, 5.74) is 0.730. The maximum absolute atomic E-state index is 14.8. The van der Waals surface area contributed by atoms with Crippen molar-refractivity contribution in [3.8, 4) is 27.7 Å². The highest BCUT2D eigenvalue weighted by atomic mass is 32.1. The van der Waals surface area contributed by atoms with Gasteiger partial charge in [0, 0.05) is 53.2 Å². The average molecular weight is 580 g/mol. The first-order chi connectivity index (χ1) is 19.8. The SMILES string of the molecule is CC(F)(F)c1cc(F)ccc1-c1sc2c(ccc3c2cnn3C2CCCCO2)c1Oc1ccc(OC2CNC2)cc1. The highest BCUT2D eigenvalue weighted by Crippen LogP contribution is 2.51. The number of hydrogen-bond acceptors (Lipinski definition) is 6. The van der Waals surface area contributed by atoms with Crippen LogP contribution in [0.15, 0.2) is 60.8 Å². The van der Waals surface area contributed by atoms with Gasteiger partial charge in [0.1, 0.15) is 23.4 Å². The van der Waals surface area contributed by atoms with Crippen molar-refractivity contribution in [1.82, 2.24) is 15.1 Å². The van der Waals surface area contributed by atoms with Gasteiger partial charge in [-0.25, -0.2) is 17.9 Å². The molecule has 1 unspecified atom stereocenters. The van der Waals surface area contributed by atoms with Gasteiger partial charge >= 0.3 is 0 Å². The number of halogens is 3. The molecule has 2 saturated heterocycles. The van der Waals surface area contributed by atoms with Gasteiger partial charge in [-0.15, -0.1) is 11.3 Å². The topological polar surface area (TPSA) is 57.5 Å². The molecule has 2 aromatic heterocycles. The molecule has 0 aliphatic carbocycles. The number of benzene rings is 3. The third-order valence-corrected chi connectivity index (χ3v) is 8.86. The van der Waals surface area contributed by atoms with E-state index in [1.807, 2.05) is 28.9 Å². The Morgan fingerprint density at radius 1 is 1.02 bits per heavy atom. The Morgan fingerprint density at radius 3 is 2.54 bits per heavy atom. The first kappa shape index (κ1) is 26.3. The lowest BCUT2D eigenvalue weighted by Crippen LogP contribution is -2.50. The van der Waals surface area contributed by atoms with Gasteiger partial charge in [0.25, 0.3) is 5.92 Å². The van der Waals surface area contributed by atoms with E-state index in [4.69, 9.17) is 14.2 Å². The van der Waals surface area contributed by atoms with Crippen LogP contribution in [-0.4, -0.2) is 35.6 Å². The number of aromatic nitrogens is 2. The number of nitrogens with one attached hydrogen (secondary N) is 1. The van der Waals surface area contributed by atoms with Gasteiger partial charge in [0.2, 0.25) is 0 Å². The molecule has 5 aromatic rings. The monoisotopic (exact) mass is 579 g/mol. The van der Waals surface area contributed by atoms with E-state index in [9.17, 15) is 13.2 Å². The first-order valence-corrected chi connectivity index (χ1v) is 14.5. The summed E-state index contributed by atoms with van der Waals surface area (Å²) in [6.45, 7) is 3.09. The first-order valence-electron chi connectivity index (χ1n) is 13.7. The number of alkyl halides is 2. The molecule has 0 saturated carbocycles. The highest BCUT2D eigenvalue weighted by molar-refractivity contribution is 7.23. The molecule has 41 heavy (non-hydrogen) atoms. The van der Waals surface area contributed by atoms with Crippen LogP contribution in [0.5, 0.6) is 17.2 Å². The maximum Gasteiger partial charge on any atom is 0.271 e. The maximum atomic E-state index is 14.8. The van der Waals surface area contributed by atoms with Gasteiger partial charge in [0.05, 0.1) is 16.6 Å². The van der Waals surface area contributed by atoms with Crippen LogP contribution in [0, 0.1) is 5.82 Å². The van der Waals surface area contributed by atoms with Gasteiger partial charge in [-0.2, -0.15) is 5.10 Å². The van der Waals surface area contributed by atoms with E-state index in [2.05, 4.69) is 10.4 Å². The Kier molecular flexibility index (Phi) is 6.64. The molecule has 0 bridgehead atoms. The number of nitrogens with zero attached hydrogens (tertiary/aromatic N) is 2. The lowest BCUT2D eigenvalue weighted by atomic mass is 10.00. The largest absolute Gasteiger partial charge is 0.488 e. The van der Waals surface area contributed by atoms with E-state index < -0.39 is 17.3 Å². The van der Waals surface area contributed by atoms with Crippen LogP contribution in [0.4, 0.5) is 13.2 Å². The van der Waals surface area contributed by atoms with Crippen LogP contribution in [0.3, 0.4) is 0 Å². The molecule has 2 aliphatic rings. The zero-order chi connectivity index (χ0) is 28.1. The van der Waals surface area contributed by atoms with Gasteiger partial charge in [-0.1, -0.05) is 6.07 Å². The predicted molar refractivity (Wildman–Crippen MR) is 153 cm³/mol. The highest BCUT2D eigenvalue weighted by Gasteiger charge is 2.32. The quantitative estimate of drug-likeness (QED) is 0.212. The standard InChI is InChI=1S/C31H28F3N3O3S/c1-31(33,34)25-14-18(32)5-10-22(25)30-28(40-20-8-6-19(7-9-20)39-21-15-35-16-21)23-11-12-26-24(29(23)41-30)17-36-37(26)27-4-2-3-13-38-27/h5-12,14,17,21,27,35H,2-4,13,15-16H2,1H3. The fourth-order valence-corrected chi connectivity index (χ4v) is 6.67. The molecule has 1 atom stereocenters. The smallest absolute Gasteiger partial charge is 0.271 e. The second kappa shape index (κ2) is 10.3. The van der Waals surface area contributed by atoms with Crippen molar-refractivity contribution in [2.24, 2.45) is 0 Å². The Bertz CT molecular complexity index is 1720. The Morgan fingerprint density at radius 2 is 1.83 bits per heavy atom. The molecule has 2 fully saturated rings. The van der Waals surface area contributed by atoms with E-state index in [1.54, 1.807) is 18.3 Å². The van der Waals surface area contributed by atoms with Crippen molar-refractivity contribution in [3.63, 3.8) is 0 Å². The second-order valence-electron chi connectivity index (χ2n) is 10.6. The summed E-state index contributed by atoms with van der Waals surface area (Å²) in [5.74, 6) is -2.29. The summed E-state index contributed by atoms with van der Waals surface area (Å²) >= 11 is 1.34. The Balaban J connectivity index is 1.36. The number of ether oxygens (including phenoxy) is 3. The number of hydrogen-bond donors (Lipinski definition) is 1. The van der Waals surface area contributed by atoms with Crippen LogP contribution < -0.4 is 14.8 Å². The molecular formula is C31H28F3N3O3S. The summed E-state index contributed by atoms with van der Waals surface area (Å²) in [7, 11) is 0. The Hall–Kier alpha value is -3.60. The average Bonchev–Trinajstić information content (AvgIpc) is 3.53. The van der Waals surface area contributed by atoms with Crippen LogP contribution >= 0.6 is 11.3 Å². The lowest BCUT2D eigenvalue weighted by molar-refractivity contribution is -0.0366. The normalized spacial score (nSPS) is 18.1. The molecule has 10 heteroatoms. The van der Waals surface area contributed by atoms with Crippen molar-refractivity contribution < 1.29 is 27.4 Å². The molecule has 2 aliphatic heterocycles. The second-order valence-corrected chi connectivity index (χ2v) is 11.6. The van der Waals surface area contributed by atoms with Gasteiger partial charge in [-0.05, 0) is 67.8 Å². The third-order valence-electron chi connectivity index (χ3n) is 7.60. The van der Waals surface area contributed by atoms with Gasteiger partial charge in [0.15, 0.2) is 12.0 Å². The van der Waals surface area contributed by atoms with Gasteiger partial charge < -0.3 is 19.5 Å². The zero-order valence-electron chi connectivity index (χ0n) is 22.3. The minimum absolute atomic E-state index is 0.143. The molecule has 0 spiro atoms. The van der Waals surface area contributed by atoms with Gasteiger partial charge in [-0.3, -0.25) is 0 Å². The van der Waals surface area contributed by atoms with Crippen LogP contribution in [-0.2, 0) is 10.7 Å². The van der Waals surface area contributed by atoms with E-state index in [0.29, 0.717) is 23.0 Å². The minimum Gasteiger partial charge on any atom is -0.488 e. The number of fused-ring (bicyclic) bond motifs is 3. The van der Waals surface area contributed by atoms with Crippen molar-refractivity contribution >= 4 is 32.3 Å². The van der Waals surface area contributed by atoms with E-state index >= 15 is 0 Å². The fourth-order valence-electron chi connectivity index (χ4n) is 5.40. The summed E-state index contributed by atoms with van der Waals surface area (Å²) in [6, 6.07) is 14.7. The van der Waals surface area contributed by atoms with Crippen molar-refractivity contribution in [2.45, 2.75) is 44.4 Å². The summed E-state index contributed by atoms with van der Waals surface area (Å²) < 4.78 is 64.8. The molecule has 4 heterocycles. The molecule has 0 amide bonds. The molecule has 7 rings (SSSR count). The van der Waals surface area contributed by atoms with Crippen molar-refractivity contribution in [1.29, 1.82) is 0 Å². The van der Waals surface area contributed by atoms with Crippen LogP contribution in [0.1, 0.15) is 38.0 Å². The van der Waals surface area contributed by atoms with Crippen molar-refractivity contribution in [3.05, 3.63) is 72.2 Å². The molecule has 1 N–H and O–H groups in total. The number of thiophene rings is 1. The van der Waals surface area contributed by atoms with Crippen LogP contribution in [0.25, 0.3) is 31.4 Å². The zero-order valence-corrected chi connectivity index (χ0v) is 23.1. The summed E-state index contributed by atoms with van der Waals surface area (Å²) in [4.78, 5) is 0.492. The minimum atomic E-state index is -3.27. The van der Waals surface area contributed by atoms with Crippen LogP contribution in [0.2, 0.25) is 0 Å². The van der Waals surface area contributed by atoms with E-state index in [0.717, 1.165) is 72.1 Å². The Labute approximate surface area is 238 Å². The van der Waals surface area contributed by atoms with E-state index in [1.165, 1.54) is 23.5 Å². The fraction of sp³-hybridized carbons (Fsp3) is 0.323. The van der Waals surface area contributed by atoms with E-state index in [-0.39, 0.29) is 17.9 Å². The summed E-state index contributed by atoms with van der Waals surface area (Å²) in [6.07, 6.45) is 4.76. The van der Waals surface area contributed by atoms with Crippen molar-refractivity contribution in [2.75, 3.05) is 19.7 Å².